The smallest absolute Gasteiger partial charge is 0.317 e. The Labute approximate surface area is 177 Å². The maximum atomic E-state index is 12.4. The molecule has 2 aromatic carbocycles. The van der Waals surface area contributed by atoms with Crippen molar-refractivity contribution in [2.24, 2.45) is 0 Å². The van der Waals surface area contributed by atoms with Crippen LogP contribution in [0.1, 0.15) is 36.9 Å². The van der Waals surface area contributed by atoms with E-state index >= 15 is 0 Å². The molecule has 0 saturated heterocycles. The van der Waals surface area contributed by atoms with Gasteiger partial charge in [0.25, 0.3) is 0 Å². The Bertz CT molecular complexity index is 812. The molecular weight excluding hydrogens is 382 g/mol. The van der Waals surface area contributed by atoms with Crippen LogP contribution in [-0.2, 0) is 20.9 Å². The van der Waals surface area contributed by atoms with E-state index in [0.717, 1.165) is 11.1 Å². The number of esters is 1. The topological polar surface area (TPSA) is 87.7 Å². The molecule has 3 amide bonds. The molecule has 160 valence electrons. The Morgan fingerprint density at radius 2 is 1.63 bits per heavy atom. The third-order valence-corrected chi connectivity index (χ3v) is 4.45. The molecule has 1 unspecified atom stereocenters. The Morgan fingerprint density at radius 1 is 1.00 bits per heavy atom. The predicted molar refractivity (Wildman–Crippen MR) is 115 cm³/mol. The summed E-state index contributed by atoms with van der Waals surface area (Å²) < 4.78 is 5.01. The molecule has 1 atom stereocenters. The molecule has 2 aromatic rings. The molecule has 0 saturated carbocycles. The molecular formula is C23H29N3O4. The standard InChI is InChI=1S/C23H29N3O4/c1-3-30-22(28)16-20(19-12-8-5-9-13-19)25-21(27)14-15-24-23(29)26(2)17-18-10-6-4-7-11-18/h4-13,20H,3,14-17H2,1-2H3,(H,24,29)(H,25,27). The fourth-order valence-corrected chi connectivity index (χ4v) is 2.94. The van der Waals surface area contributed by atoms with Crippen LogP contribution in [-0.4, -0.2) is 43.0 Å². The van der Waals surface area contributed by atoms with Gasteiger partial charge in [0.05, 0.1) is 19.1 Å². The van der Waals surface area contributed by atoms with E-state index in [9.17, 15) is 14.4 Å². The average Bonchev–Trinajstić information content (AvgIpc) is 2.74. The number of urea groups is 1. The minimum atomic E-state index is -0.478. The van der Waals surface area contributed by atoms with Gasteiger partial charge in [-0.3, -0.25) is 9.59 Å². The summed E-state index contributed by atoms with van der Waals surface area (Å²) >= 11 is 0. The van der Waals surface area contributed by atoms with E-state index < -0.39 is 6.04 Å². The second kappa shape index (κ2) is 12.3. The quantitative estimate of drug-likeness (QED) is 0.588. The van der Waals surface area contributed by atoms with Crippen molar-refractivity contribution in [2.45, 2.75) is 32.4 Å². The highest BCUT2D eigenvalue weighted by molar-refractivity contribution is 5.79. The van der Waals surface area contributed by atoms with Gasteiger partial charge in [0.1, 0.15) is 0 Å². The molecule has 0 radical (unpaired) electrons. The molecule has 0 spiro atoms. The van der Waals surface area contributed by atoms with Gasteiger partial charge in [-0.05, 0) is 18.1 Å². The first kappa shape index (κ1) is 22.9. The summed E-state index contributed by atoms with van der Waals surface area (Å²) in [5.74, 6) is -0.623. The number of nitrogens with one attached hydrogen (secondary N) is 2. The fourth-order valence-electron chi connectivity index (χ4n) is 2.94. The van der Waals surface area contributed by atoms with Crippen molar-refractivity contribution in [3.05, 3.63) is 71.8 Å². The first-order valence-electron chi connectivity index (χ1n) is 10.0. The van der Waals surface area contributed by atoms with Crippen molar-refractivity contribution in [2.75, 3.05) is 20.2 Å². The maximum absolute atomic E-state index is 12.4. The van der Waals surface area contributed by atoms with Crippen molar-refractivity contribution in [1.29, 1.82) is 0 Å². The number of hydrogen-bond donors (Lipinski definition) is 2. The number of hydrogen-bond acceptors (Lipinski definition) is 4. The Morgan fingerprint density at radius 3 is 2.27 bits per heavy atom. The van der Waals surface area contributed by atoms with Gasteiger partial charge >= 0.3 is 12.0 Å². The summed E-state index contributed by atoms with van der Waals surface area (Å²) in [5.41, 5.74) is 1.85. The number of amides is 3. The first-order chi connectivity index (χ1) is 14.5. The van der Waals surface area contributed by atoms with Gasteiger partial charge in [0.15, 0.2) is 0 Å². The van der Waals surface area contributed by atoms with E-state index in [0.29, 0.717) is 6.54 Å². The van der Waals surface area contributed by atoms with Crippen LogP contribution in [0.25, 0.3) is 0 Å². The van der Waals surface area contributed by atoms with E-state index in [2.05, 4.69) is 10.6 Å². The number of nitrogens with zero attached hydrogens (tertiary/aromatic N) is 1. The van der Waals surface area contributed by atoms with Gasteiger partial charge in [-0.15, -0.1) is 0 Å². The van der Waals surface area contributed by atoms with Crippen LogP contribution in [0.15, 0.2) is 60.7 Å². The van der Waals surface area contributed by atoms with Crippen molar-refractivity contribution in [1.82, 2.24) is 15.5 Å². The van der Waals surface area contributed by atoms with Gasteiger partial charge in [0, 0.05) is 26.6 Å². The number of benzene rings is 2. The molecule has 2 rings (SSSR count). The highest BCUT2D eigenvalue weighted by Gasteiger charge is 2.19. The molecule has 0 aromatic heterocycles. The van der Waals surface area contributed by atoms with Gasteiger partial charge in [0.2, 0.25) is 5.91 Å². The Hall–Kier alpha value is -3.35. The second-order valence-electron chi connectivity index (χ2n) is 6.86. The summed E-state index contributed by atoms with van der Waals surface area (Å²) in [7, 11) is 1.70. The summed E-state index contributed by atoms with van der Waals surface area (Å²) in [5, 5.41) is 5.60. The molecule has 7 heteroatoms. The number of carbonyl (C=O) groups excluding carboxylic acids is 3. The van der Waals surface area contributed by atoms with Crippen LogP contribution in [0.4, 0.5) is 4.79 Å². The third kappa shape index (κ3) is 7.95. The number of ether oxygens (including phenoxy) is 1. The maximum Gasteiger partial charge on any atom is 0.317 e. The van der Waals surface area contributed by atoms with Crippen LogP contribution in [0.5, 0.6) is 0 Å². The molecule has 0 aliphatic carbocycles. The zero-order valence-electron chi connectivity index (χ0n) is 17.5. The lowest BCUT2D eigenvalue weighted by Crippen LogP contribution is -2.39. The molecule has 0 fully saturated rings. The zero-order chi connectivity index (χ0) is 21.8. The summed E-state index contributed by atoms with van der Waals surface area (Å²) in [6.45, 7) is 2.71. The lowest BCUT2D eigenvalue weighted by Gasteiger charge is -2.20. The molecule has 0 aliphatic heterocycles. The van der Waals surface area contributed by atoms with E-state index in [4.69, 9.17) is 4.74 Å². The normalized spacial score (nSPS) is 11.3. The highest BCUT2D eigenvalue weighted by atomic mass is 16.5. The first-order valence-corrected chi connectivity index (χ1v) is 10.0. The van der Waals surface area contributed by atoms with Gasteiger partial charge < -0.3 is 20.3 Å². The van der Waals surface area contributed by atoms with E-state index in [1.165, 1.54) is 0 Å². The lowest BCUT2D eigenvalue weighted by atomic mass is 10.0. The number of carbonyl (C=O) groups is 3. The van der Waals surface area contributed by atoms with Crippen molar-refractivity contribution in [3.8, 4) is 0 Å². The fraction of sp³-hybridized carbons (Fsp3) is 0.348. The molecule has 7 nitrogen and oxygen atoms in total. The minimum Gasteiger partial charge on any atom is -0.466 e. The lowest BCUT2D eigenvalue weighted by molar-refractivity contribution is -0.143. The van der Waals surface area contributed by atoms with Crippen LogP contribution in [0.3, 0.4) is 0 Å². The largest absolute Gasteiger partial charge is 0.466 e. The molecule has 30 heavy (non-hydrogen) atoms. The van der Waals surface area contributed by atoms with Gasteiger partial charge in [-0.25, -0.2) is 4.79 Å². The van der Waals surface area contributed by atoms with Crippen LogP contribution in [0.2, 0.25) is 0 Å². The van der Waals surface area contributed by atoms with Crippen molar-refractivity contribution >= 4 is 17.9 Å². The van der Waals surface area contributed by atoms with Crippen molar-refractivity contribution < 1.29 is 19.1 Å². The average molecular weight is 412 g/mol. The summed E-state index contributed by atoms with van der Waals surface area (Å²) in [4.78, 5) is 38.0. The molecule has 0 heterocycles. The zero-order valence-corrected chi connectivity index (χ0v) is 17.5. The molecule has 0 aliphatic rings. The van der Waals surface area contributed by atoms with E-state index in [-0.39, 0.29) is 43.9 Å². The van der Waals surface area contributed by atoms with E-state index in [1.54, 1.807) is 18.9 Å². The second-order valence-corrected chi connectivity index (χ2v) is 6.86. The minimum absolute atomic E-state index is 0.0514. The Balaban J connectivity index is 1.81. The predicted octanol–water partition coefficient (Wildman–Crippen LogP) is 3.03. The monoisotopic (exact) mass is 411 g/mol. The molecule has 0 bridgehead atoms. The summed E-state index contributed by atoms with van der Waals surface area (Å²) in [6, 6.07) is 18.2. The SMILES string of the molecule is CCOC(=O)CC(NC(=O)CCNC(=O)N(C)Cc1ccccc1)c1ccccc1. The Kier molecular flexibility index (Phi) is 9.37. The third-order valence-electron chi connectivity index (χ3n) is 4.45. The van der Waals surface area contributed by atoms with Crippen LogP contribution in [0, 0.1) is 0 Å². The van der Waals surface area contributed by atoms with Crippen LogP contribution >= 0.6 is 0 Å². The highest BCUT2D eigenvalue weighted by Crippen LogP contribution is 2.17. The van der Waals surface area contributed by atoms with Crippen molar-refractivity contribution in [3.63, 3.8) is 0 Å². The van der Waals surface area contributed by atoms with E-state index in [1.807, 2.05) is 60.7 Å². The molecule has 2 N–H and O–H groups in total. The number of rotatable bonds is 10. The summed E-state index contributed by atoms with van der Waals surface area (Å²) in [6.07, 6.45) is 0.160. The van der Waals surface area contributed by atoms with Gasteiger partial charge in [-0.1, -0.05) is 60.7 Å². The van der Waals surface area contributed by atoms with Gasteiger partial charge in [-0.2, -0.15) is 0 Å². The van der Waals surface area contributed by atoms with Crippen LogP contribution < -0.4 is 10.6 Å².